The normalized spacial score (nSPS) is 27.6. The quantitative estimate of drug-likeness (QED) is 0.697. The first-order valence-electron chi connectivity index (χ1n) is 6.49. The van der Waals surface area contributed by atoms with E-state index in [1.54, 1.807) is 4.90 Å². The van der Waals surface area contributed by atoms with Crippen molar-refractivity contribution in [3.8, 4) is 0 Å². The van der Waals surface area contributed by atoms with Gasteiger partial charge in [-0.15, -0.1) is 0 Å². The van der Waals surface area contributed by atoms with Crippen molar-refractivity contribution in [3.63, 3.8) is 0 Å². The molecule has 2 unspecified atom stereocenters. The summed E-state index contributed by atoms with van der Waals surface area (Å²) in [4.78, 5) is 24.8. The van der Waals surface area contributed by atoms with Crippen LogP contribution in [-0.2, 0) is 9.53 Å². The predicted molar refractivity (Wildman–Crippen MR) is 62.5 cm³/mol. The number of carbonyl (C=O) groups excluding carboxylic acids is 1. The Balaban J connectivity index is 1.77. The van der Waals surface area contributed by atoms with Crippen LogP contribution >= 0.6 is 0 Å². The van der Waals surface area contributed by atoms with Crippen LogP contribution in [0.1, 0.15) is 39.0 Å². The number of piperidine rings is 1. The number of carbonyl (C=O) groups is 1. The van der Waals surface area contributed by atoms with Crippen molar-refractivity contribution in [1.29, 1.82) is 0 Å². The van der Waals surface area contributed by atoms with Crippen LogP contribution in [0.2, 0.25) is 0 Å². The molecular formula is C12H21N2O3+. The summed E-state index contributed by atoms with van der Waals surface area (Å²) in [5.74, 6) is 0.0696. The van der Waals surface area contributed by atoms with Gasteiger partial charge in [0.15, 0.2) is 6.54 Å². The summed E-state index contributed by atoms with van der Waals surface area (Å²) in [6, 6.07) is 0.338. The van der Waals surface area contributed by atoms with Crippen LogP contribution < -0.4 is 0 Å². The van der Waals surface area contributed by atoms with Crippen LogP contribution in [0.5, 0.6) is 0 Å². The molecule has 5 nitrogen and oxygen atoms in total. The second kappa shape index (κ2) is 5.58. The van der Waals surface area contributed by atoms with Gasteiger partial charge in [-0.25, -0.2) is 0 Å². The zero-order chi connectivity index (χ0) is 12.3. The highest BCUT2D eigenvalue weighted by molar-refractivity contribution is 5.78. The zero-order valence-electron chi connectivity index (χ0n) is 10.4. The van der Waals surface area contributed by atoms with E-state index in [0.29, 0.717) is 13.3 Å². The minimum atomic E-state index is 0.0696. The van der Waals surface area contributed by atoms with E-state index < -0.39 is 0 Å². The number of hydrogen-bond donors (Lipinski definition) is 0. The summed E-state index contributed by atoms with van der Waals surface area (Å²) >= 11 is 0. The molecule has 2 aliphatic heterocycles. The summed E-state index contributed by atoms with van der Waals surface area (Å²) in [7, 11) is 0. The third kappa shape index (κ3) is 3.03. The van der Waals surface area contributed by atoms with Gasteiger partial charge in [-0.3, -0.25) is 4.79 Å². The minimum absolute atomic E-state index is 0.0696. The van der Waals surface area contributed by atoms with Gasteiger partial charge in [-0.1, -0.05) is 0 Å². The van der Waals surface area contributed by atoms with Crippen molar-refractivity contribution in [2.24, 2.45) is 0 Å². The Morgan fingerprint density at radius 2 is 2.35 bits per heavy atom. The lowest BCUT2D eigenvalue weighted by molar-refractivity contribution is -0.596. The van der Waals surface area contributed by atoms with Gasteiger partial charge in [-0.2, -0.15) is 0 Å². The van der Waals surface area contributed by atoms with Crippen molar-refractivity contribution in [2.75, 3.05) is 19.9 Å². The molecule has 2 saturated heterocycles. The number of nitrogens with zero attached hydrogens (tertiary/aromatic N) is 2. The van der Waals surface area contributed by atoms with Crippen LogP contribution in [0.25, 0.3) is 0 Å². The number of rotatable bonds is 4. The summed E-state index contributed by atoms with van der Waals surface area (Å²) in [6.07, 6.45) is 4.95. The van der Waals surface area contributed by atoms with Crippen molar-refractivity contribution >= 4 is 5.91 Å². The number of ether oxygens (including phenoxy) is 1. The second-order valence-electron chi connectivity index (χ2n) is 5.06. The maximum atomic E-state index is 11.6. The predicted octanol–water partition coefficient (Wildman–Crippen LogP) is 1.30. The Morgan fingerprint density at radius 1 is 1.53 bits per heavy atom. The van der Waals surface area contributed by atoms with E-state index in [4.69, 9.17) is 4.74 Å². The van der Waals surface area contributed by atoms with Crippen LogP contribution in [0, 0.1) is 4.91 Å². The molecule has 2 rings (SSSR count). The fraction of sp³-hybridized carbons (Fsp3) is 0.917. The molecule has 0 aliphatic carbocycles. The van der Waals surface area contributed by atoms with E-state index in [0.717, 1.165) is 32.1 Å². The molecule has 2 fully saturated rings. The Bertz CT molecular complexity index is 306. The van der Waals surface area contributed by atoms with Crippen LogP contribution in [0.4, 0.5) is 0 Å². The molecule has 0 spiro atoms. The molecule has 0 aromatic rings. The van der Waals surface area contributed by atoms with Crippen molar-refractivity contribution in [1.82, 2.24) is 4.90 Å². The number of hydrogen-bond acceptors (Lipinski definition) is 3. The van der Waals surface area contributed by atoms with E-state index in [-0.39, 0.29) is 24.6 Å². The topological polar surface area (TPSA) is 49.6 Å². The maximum absolute atomic E-state index is 11.6. The van der Waals surface area contributed by atoms with E-state index in [1.807, 2.05) is 6.92 Å². The van der Waals surface area contributed by atoms with Crippen LogP contribution in [0.15, 0.2) is 0 Å². The van der Waals surface area contributed by atoms with Gasteiger partial charge in [-0.05, 0) is 19.8 Å². The fourth-order valence-electron chi connectivity index (χ4n) is 2.61. The number of amides is 1. The van der Waals surface area contributed by atoms with Crippen molar-refractivity contribution in [2.45, 2.75) is 51.1 Å². The molecule has 0 N–H and O–H groups in total. The molecule has 2 aliphatic rings. The average Bonchev–Trinajstić information content (AvgIpc) is 2.74. The third-order valence-electron chi connectivity index (χ3n) is 3.80. The van der Waals surface area contributed by atoms with Gasteiger partial charge in [0, 0.05) is 35.0 Å². The smallest absolute Gasteiger partial charge is 0.250 e. The number of nitroso groups, excluding NO2 is 1. The molecule has 0 aromatic heterocycles. The lowest BCUT2D eigenvalue weighted by Gasteiger charge is -2.23. The Morgan fingerprint density at radius 3 is 3.00 bits per heavy atom. The lowest BCUT2D eigenvalue weighted by Crippen LogP contribution is -2.37. The lowest BCUT2D eigenvalue weighted by atomic mass is 9.98. The summed E-state index contributed by atoms with van der Waals surface area (Å²) in [5, 5.41) is 0. The third-order valence-corrected chi connectivity index (χ3v) is 3.80. The van der Waals surface area contributed by atoms with Crippen molar-refractivity contribution in [3.05, 3.63) is 4.91 Å². The molecule has 0 radical (unpaired) electrons. The van der Waals surface area contributed by atoms with Gasteiger partial charge in [0.2, 0.25) is 6.04 Å². The fourth-order valence-corrected chi connectivity index (χ4v) is 2.61. The van der Waals surface area contributed by atoms with E-state index in [9.17, 15) is 9.70 Å². The van der Waals surface area contributed by atoms with E-state index in [1.165, 1.54) is 4.76 Å². The highest BCUT2D eigenvalue weighted by Crippen LogP contribution is 2.19. The molecule has 2 heterocycles. The molecule has 0 aromatic carbocycles. The highest BCUT2D eigenvalue weighted by Gasteiger charge is 2.31. The molecule has 0 saturated carbocycles. The average molecular weight is 241 g/mol. The summed E-state index contributed by atoms with van der Waals surface area (Å²) < 4.78 is 6.33. The van der Waals surface area contributed by atoms with Gasteiger partial charge in [0.05, 0.1) is 0 Å². The Kier molecular flexibility index (Phi) is 4.10. The molecule has 2 atom stereocenters. The van der Waals surface area contributed by atoms with Crippen LogP contribution in [-0.4, -0.2) is 47.5 Å². The highest BCUT2D eigenvalue weighted by atomic mass is 16.5. The minimum Gasteiger partial charge on any atom is -0.351 e. The van der Waals surface area contributed by atoms with Crippen LogP contribution in [0.3, 0.4) is 0 Å². The first-order valence-corrected chi connectivity index (χ1v) is 6.49. The SMILES string of the molecule is CC(CCC1CCCC[N+]1=O)N1COCC1=O. The molecule has 1 amide bonds. The molecule has 5 heteroatoms. The van der Waals surface area contributed by atoms with E-state index >= 15 is 0 Å². The Labute approximate surface area is 102 Å². The molecule has 17 heavy (non-hydrogen) atoms. The molecular weight excluding hydrogens is 220 g/mol. The zero-order valence-corrected chi connectivity index (χ0v) is 10.4. The summed E-state index contributed by atoms with van der Waals surface area (Å²) in [5.41, 5.74) is 0. The Hall–Kier alpha value is -0.970. The second-order valence-corrected chi connectivity index (χ2v) is 5.06. The summed E-state index contributed by atoms with van der Waals surface area (Å²) in [6.45, 7) is 3.32. The van der Waals surface area contributed by atoms with Gasteiger partial charge < -0.3 is 9.64 Å². The standard InChI is InChI=1S/C12H21N2O3/c1-10(13-9-17-8-12(13)15)5-6-11-4-2-3-7-14(11)16/h10-11H,2-9H2,1H3/q+1. The van der Waals surface area contributed by atoms with E-state index in [2.05, 4.69) is 0 Å². The first-order chi connectivity index (χ1) is 8.18. The van der Waals surface area contributed by atoms with Gasteiger partial charge in [0.1, 0.15) is 13.3 Å². The first kappa shape index (κ1) is 12.5. The molecule has 0 bridgehead atoms. The largest absolute Gasteiger partial charge is 0.351 e. The van der Waals surface area contributed by atoms with Gasteiger partial charge >= 0.3 is 0 Å². The van der Waals surface area contributed by atoms with Crippen molar-refractivity contribution < 1.29 is 14.3 Å². The molecule has 96 valence electrons. The maximum Gasteiger partial charge on any atom is 0.250 e. The monoisotopic (exact) mass is 241 g/mol. The van der Waals surface area contributed by atoms with Gasteiger partial charge in [0.25, 0.3) is 5.91 Å².